The minimum Gasteiger partial charge on any atom is -0.309 e. The van der Waals surface area contributed by atoms with Crippen LogP contribution < -0.4 is 0 Å². The maximum absolute atomic E-state index is 5.51. The Hall–Kier alpha value is -14.1. The zero-order valence-corrected chi connectivity index (χ0v) is 60.1. The number of aryl methyl sites for hydroxylation is 4. The normalized spacial score (nSPS) is 11.5. The molecule has 4 aromatic heterocycles. The summed E-state index contributed by atoms with van der Waals surface area (Å²) in [7, 11) is 0. The Kier molecular flexibility index (Phi) is 16.3. The highest BCUT2D eigenvalue weighted by atomic mass is 15.1. The van der Waals surface area contributed by atoms with E-state index >= 15 is 0 Å². The molecule has 0 fully saturated rings. The summed E-state index contributed by atoms with van der Waals surface area (Å²) in [4.78, 5) is 32.5. The molecule has 0 amide bonds. The van der Waals surface area contributed by atoms with Crippen molar-refractivity contribution in [1.29, 1.82) is 0 Å². The summed E-state index contributed by atoms with van der Waals surface area (Å²) in [6, 6.07) is 126. The molecule has 0 aliphatic rings. The van der Waals surface area contributed by atoms with Crippen LogP contribution in [0.3, 0.4) is 0 Å². The summed E-state index contributed by atoms with van der Waals surface area (Å²) < 4.78 is 4.82. The second-order valence-corrected chi connectivity index (χ2v) is 28.0. The molecule has 510 valence electrons. The molecule has 19 aromatic rings. The Labute approximate surface area is 627 Å². The third-order valence-corrected chi connectivity index (χ3v) is 21.2. The van der Waals surface area contributed by atoms with Gasteiger partial charge in [0.1, 0.15) is 0 Å². The zero-order valence-electron chi connectivity index (χ0n) is 60.1. The summed E-state index contributed by atoms with van der Waals surface area (Å²) in [5.41, 5.74) is 29.6. The fraction of sp³-hybridized carbons (Fsp3) is 0.0400. The van der Waals surface area contributed by atoms with Gasteiger partial charge < -0.3 is 9.13 Å². The largest absolute Gasteiger partial charge is 0.309 e. The molecule has 8 nitrogen and oxygen atoms in total. The Bertz CT molecular complexity index is 5990. The van der Waals surface area contributed by atoms with Crippen LogP contribution in [0.15, 0.2) is 352 Å². The second kappa shape index (κ2) is 27.2. The van der Waals surface area contributed by atoms with Gasteiger partial charge >= 0.3 is 0 Å². The van der Waals surface area contributed by atoms with Gasteiger partial charge in [0.2, 0.25) is 0 Å². The molecule has 0 unspecified atom stereocenters. The number of aromatic nitrogens is 8. The first-order valence-electron chi connectivity index (χ1n) is 36.7. The van der Waals surface area contributed by atoms with E-state index in [0.717, 1.165) is 133 Å². The van der Waals surface area contributed by atoms with Crippen LogP contribution in [0, 0.1) is 27.7 Å². The van der Waals surface area contributed by atoms with Crippen molar-refractivity contribution in [3.8, 4) is 146 Å². The van der Waals surface area contributed by atoms with Crippen LogP contribution in [0.1, 0.15) is 22.3 Å². The Morgan fingerprint density at radius 2 is 0.407 bits per heavy atom. The predicted molar refractivity (Wildman–Crippen MR) is 446 cm³/mol. The Morgan fingerprint density at radius 3 is 0.685 bits per heavy atom. The monoisotopic (exact) mass is 1380 g/mol. The lowest BCUT2D eigenvalue weighted by Crippen LogP contribution is -2.03. The van der Waals surface area contributed by atoms with E-state index < -0.39 is 0 Å². The summed E-state index contributed by atoms with van der Waals surface area (Å²) >= 11 is 0. The van der Waals surface area contributed by atoms with Crippen molar-refractivity contribution in [3.05, 3.63) is 374 Å². The summed E-state index contributed by atoms with van der Waals surface area (Å²) in [6.45, 7) is 8.76. The molecule has 108 heavy (non-hydrogen) atoms. The molecule has 8 heteroatoms. The first-order chi connectivity index (χ1) is 53.2. The maximum atomic E-state index is 5.51. The molecule has 0 aliphatic carbocycles. The van der Waals surface area contributed by atoms with E-state index in [2.05, 4.69) is 316 Å². The summed E-state index contributed by atoms with van der Waals surface area (Å²) in [5.74, 6) is 3.36. The lowest BCUT2D eigenvalue weighted by molar-refractivity contribution is 1.07. The fourth-order valence-electron chi connectivity index (χ4n) is 15.8. The van der Waals surface area contributed by atoms with Gasteiger partial charge in [-0.1, -0.05) is 273 Å². The van der Waals surface area contributed by atoms with Crippen LogP contribution in [0.5, 0.6) is 0 Å². The maximum Gasteiger partial charge on any atom is 0.164 e. The van der Waals surface area contributed by atoms with E-state index in [9.17, 15) is 0 Å². The van der Waals surface area contributed by atoms with Crippen molar-refractivity contribution in [2.45, 2.75) is 27.7 Å². The minimum absolute atomic E-state index is 0.537. The number of hydrogen-bond acceptors (Lipinski definition) is 6. The molecule has 4 heterocycles. The Balaban J connectivity index is 0.845. The van der Waals surface area contributed by atoms with Crippen LogP contribution >= 0.6 is 0 Å². The highest BCUT2D eigenvalue weighted by molar-refractivity contribution is 6.13. The third kappa shape index (κ3) is 11.8. The topological polar surface area (TPSA) is 87.2 Å². The van der Waals surface area contributed by atoms with E-state index in [1.807, 2.05) is 72.8 Å². The molecule has 19 rings (SSSR count). The fourth-order valence-corrected chi connectivity index (χ4v) is 15.8. The Morgan fingerprint density at radius 1 is 0.167 bits per heavy atom. The molecule has 0 saturated heterocycles. The first-order valence-corrected chi connectivity index (χ1v) is 36.7. The van der Waals surface area contributed by atoms with Gasteiger partial charge in [0, 0.05) is 66.3 Å². The van der Waals surface area contributed by atoms with Crippen molar-refractivity contribution in [3.63, 3.8) is 0 Å². The molecule has 0 aliphatic heterocycles. The molecule has 0 saturated carbocycles. The van der Waals surface area contributed by atoms with E-state index in [1.54, 1.807) is 0 Å². The second-order valence-electron chi connectivity index (χ2n) is 28.0. The van der Waals surface area contributed by atoms with Crippen molar-refractivity contribution in [2.24, 2.45) is 0 Å². The minimum atomic E-state index is 0.537. The highest BCUT2D eigenvalue weighted by Crippen LogP contribution is 2.45. The summed E-state index contributed by atoms with van der Waals surface area (Å²) in [5, 5.41) is 4.62. The third-order valence-electron chi connectivity index (χ3n) is 21.2. The first kappa shape index (κ1) is 64.7. The van der Waals surface area contributed by atoms with Gasteiger partial charge in [0.15, 0.2) is 34.9 Å². The number of rotatable bonds is 14. The SMILES string of the molecule is Cc1ccccc1-c1ccc2c(c1)c1cc(-c3ccccc3C)ccc1n2-c1ccc(-c2cccc(-c3ccc(-n4c5ccc(-c6ccccc6C)cc5c5cc(-c6ccccc6C)ccc54)cc3-c3nc(-c4ccccc4)nc(-c4ccccc4)n3)c2)c(-c2nc(-c3ccccc3)nc(-c3ccccc3)n2)c1. The smallest absolute Gasteiger partial charge is 0.164 e. The number of hydrogen-bond donors (Lipinski definition) is 0. The van der Waals surface area contributed by atoms with Crippen molar-refractivity contribution in [2.75, 3.05) is 0 Å². The van der Waals surface area contributed by atoms with Crippen LogP contribution in [0.4, 0.5) is 0 Å². The number of benzene rings is 15. The molecule has 0 N–H and O–H groups in total. The van der Waals surface area contributed by atoms with Gasteiger partial charge in [-0.25, -0.2) is 29.9 Å². The van der Waals surface area contributed by atoms with Gasteiger partial charge in [-0.3, -0.25) is 0 Å². The quantitative estimate of drug-likeness (QED) is 0.108. The van der Waals surface area contributed by atoms with Crippen LogP contribution in [0.2, 0.25) is 0 Å². The highest BCUT2D eigenvalue weighted by Gasteiger charge is 2.25. The van der Waals surface area contributed by atoms with E-state index in [1.165, 1.54) is 44.5 Å². The van der Waals surface area contributed by atoms with Gasteiger partial charge in [0.25, 0.3) is 0 Å². The standard InChI is InChI=1S/C100H70N8/c1-63-26-17-21-40-79(63)73-44-52-91-85(57-73)86-58-74(80-41-22-18-27-64(80)2)45-53-92(86)107(91)77-48-50-83(89(61-77)99-103-95(67-30-9-5-10-31-67)101-96(104-99)68-32-11-6-12-33-68)71-38-25-39-72(56-71)84-51-49-78(62-90(84)100-105-97(69-34-13-7-14-35-69)102-98(106-100)70-36-15-8-16-37-70)108-93-54-46-75(81-42-23-19-28-65(81)3)59-87(93)88-60-76(47-55-94(88)108)82-43-24-20-29-66(82)4/h5-62H,1-4H3. The van der Waals surface area contributed by atoms with Crippen LogP contribution in [-0.2, 0) is 0 Å². The van der Waals surface area contributed by atoms with E-state index in [4.69, 9.17) is 29.9 Å². The molecule has 0 spiro atoms. The molecule has 15 aromatic carbocycles. The van der Waals surface area contributed by atoms with Crippen molar-refractivity contribution in [1.82, 2.24) is 39.0 Å². The molecule has 0 radical (unpaired) electrons. The van der Waals surface area contributed by atoms with Gasteiger partial charge in [-0.15, -0.1) is 0 Å². The van der Waals surface area contributed by atoms with Crippen molar-refractivity contribution >= 4 is 43.6 Å². The molecular formula is C100H70N8. The van der Waals surface area contributed by atoms with Gasteiger partial charge in [0.05, 0.1) is 22.1 Å². The number of fused-ring (bicyclic) bond motifs is 6. The predicted octanol–water partition coefficient (Wildman–Crippen LogP) is 25.5. The van der Waals surface area contributed by atoms with Gasteiger partial charge in [-0.2, -0.15) is 0 Å². The zero-order chi connectivity index (χ0) is 72.3. The van der Waals surface area contributed by atoms with E-state index in [-0.39, 0.29) is 0 Å². The molecule has 0 atom stereocenters. The van der Waals surface area contributed by atoms with E-state index in [0.29, 0.717) is 34.9 Å². The molecular weight excluding hydrogens is 1310 g/mol. The lowest BCUT2D eigenvalue weighted by Gasteiger charge is -2.18. The summed E-state index contributed by atoms with van der Waals surface area (Å²) in [6.07, 6.45) is 0. The average Bonchev–Trinajstić information content (AvgIpc) is 1.56. The van der Waals surface area contributed by atoms with Crippen LogP contribution in [-0.4, -0.2) is 39.0 Å². The van der Waals surface area contributed by atoms with Crippen molar-refractivity contribution < 1.29 is 0 Å². The average molecular weight is 1380 g/mol. The molecule has 0 bridgehead atoms. The lowest BCUT2D eigenvalue weighted by atomic mass is 9.92. The van der Waals surface area contributed by atoms with Crippen LogP contribution in [0.25, 0.3) is 190 Å². The van der Waals surface area contributed by atoms with Gasteiger partial charge in [-0.05, 0) is 196 Å². The number of nitrogens with zero attached hydrogens (tertiary/aromatic N) is 8.